The number of rotatable bonds is 11. The van der Waals surface area contributed by atoms with Gasteiger partial charge in [0.15, 0.2) is 0 Å². The lowest BCUT2D eigenvalue weighted by Crippen LogP contribution is -2.55. The summed E-state index contributed by atoms with van der Waals surface area (Å²) in [5, 5.41) is 10.8. The lowest BCUT2D eigenvalue weighted by atomic mass is 10.0. The molecule has 0 aromatic carbocycles. The van der Waals surface area contributed by atoms with Gasteiger partial charge in [0.05, 0.1) is 0 Å². The molecule has 10 nitrogen and oxygen atoms in total. The zero-order valence-corrected chi connectivity index (χ0v) is 20.1. The molecule has 1 fully saturated rings. The van der Waals surface area contributed by atoms with E-state index in [9.17, 15) is 24.0 Å². The van der Waals surface area contributed by atoms with Crippen molar-refractivity contribution in [3.63, 3.8) is 0 Å². The van der Waals surface area contributed by atoms with Crippen LogP contribution in [0.15, 0.2) is 0 Å². The van der Waals surface area contributed by atoms with Gasteiger partial charge in [-0.3, -0.25) is 24.0 Å². The Bertz CT molecular complexity index is 694. The predicted octanol–water partition coefficient (Wildman–Crippen LogP) is -0.0787. The number of hydrogen-bond acceptors (Lipinski definition) is 5. The fraction of sp³-hybridized carbons (Fsp3) is 0.773. The van der Waals surface area contributed by atoms with Crippen LogP contribution in [-0.4, -0.2) is 72.2 Å². The molecule has 10 heteroatoms. The molecule has 0 unspecified atom stereocenters. The van der Waals surface area contributed by atoms with E-state index >= 15 is 0 Å². The molecule has 3 atom stereocenters. The molecule has 1 saturated heterocycles. The molecule has 0 aromatic rings. The monoisotopic (exact) mass is 453 g/mol. The second-order valence-electron chi connectivity index (χ2n) is 9.08. The first-order valence-electron chi connectivity index (χ1n) is 11.3. The molecule has 5 amide bonds. The van der Waals surface area contributed by atoms with Crippen molar-refractivity contribution >= 4 is 29.5 Å². The van der Waals surface area contributed by atoms with Crippen LogP contribution in [0.25, 0.3) is 0 Å². The highest BCUT2D eigenvalue weighted by Gasteiger charge is 2.38. The molecule has 1 aliphatic heterocycles. The number of hydrogen-bond donors (Lipinski definition) is 4. The predicted molar refractivity (Wildman–Crippen MR) is 120 cm³/mol. The average molecular weight is 454 g/mol. The molecular formula is C22H39N5O5. The van der Waals surface area contributed by atoms with Gasteiger partial charge in [0.25, 0.3) is 0 Å². The molecule has 0 aliphatic carbocycles. The number of carbonyl (C=O) groups excluding carboxylic acids is 5. The van der Waals surface area contributed by atoms with Crippen molar-refractivity contribution in [2.45, 2.75) is 78.9 Å². The van der Waals surface area contributed by atoms with Crippen molar-refractivity contribution < 1.29 is 24.0 Å². The summed E-state index contributed by atoms with van der Waals surface area (Å²) in [4.78, 5) is 62.3. The van der Waals surface area contributed by atoms with Crippen molar-refractivity contribution in [1.82, 2.24) is 26.2 Å². The molecule has 1 rings (SSSR count). The van der Waals surface area contributed by atoms with Crippen LogP contribution in [0.4, 0.5) is 0 Å². The summed E-state index contributed by atoms with van der Waals surface area (Å²) in [5.74, 6) is -1.27. The second kappa shape index (κ2) is 13.0. The Kier molecular flexibility index (Phi) is 11.1. The molecule has 182 valence electrons. The number of likely N-dealkylation sites (tertiary alicyclic amines) is 1. The van der Waals surface area contributed by atoms with Gasteiger partial charge in [-0.05, 0) is 31.1 Å². The van der Waals surface area contributed by atoms with Gasteiger partial charge in [0, 0.05) is 33.5 Å². The minimum Gasteiger partial charge on any atom is -0.353 e. The standard InChI is InChI=1S/C22H39N5O5/c1-13(2)12-17(25-15(5)28)20(30)23-9-10-24-21(31)18-8-7-11-27(18)22(32)19(14(3)4)26-16(6)29/h13-14,17-19H,7-12H2,1-6H3,(H,23,30)(H,24,31)(H,25,28)(H,26,29)/t17-,18-,19-/m0/s1. The minimum atomic E-state index is -0.674. The molecule has 0 spiro atoms. The summed E-state index contributed by atoms with van der Waals surface area (Å²) >= 11 is 0. The molecule has 0 saturated carbocycles. The first kappa shape index (κ1) is 27.4. The van der Waals surface area contributed by atoms with E-state index in [1.54, 1.807) is 0 Å². The van der Waals surface area contributed by atoms with Gasteiger partial charge in [-0.25, -0.2) is 0 Å². The summed E-state index contributed by atoms with van der Waals surface area (Å²) < 4.78 is 0. The van der Waals surface area contributed by atoms with Gasteiger partial charge in [-0.15, -0.1) is 0 Å². The zero-order valence-electron chi connectivity index (χ0n) is 20.1. The summed E-state index contributed by atoms with van der Waals surface area (Å²) in [7, 11) is 0. The lowest BCUT2D eigenvalue weighted by molar-refractivity contribution is -0.142. The minimum absolute atomic E-state index is 0.103. The van der Waals surface area contributed by atoms with E-state index in [4.69, 9.17) is 0 Å². The number of amides is 5. The topological polar surface area (TPSA) is 137 Å². The van der Waals surface area contributed by atoms with Crippen LogP contribution in [-0.2, 0) is 24.0 Å². The molecule has 4 N–H and O–H groups in total. The van der Waals surface area contributed by atoms with Gasteiger partial charge in [-0.2, -0.15) is 0 Å². The third-order valence-corrected chi connectivity index (χ3v) is 5.25. The van der Waals surface area contributed by atoms with E-state index in [0.29, 0.717) is 25.8 Å². The largest absolute Gasteiger partial charge is 0.353 e. The molecule has 0 bridgehead atoms. The average Bonchev–Trinajstić information content (AvgIpc) is 3.17. The molecule has 0 radical (unpaired) electrons. The fourth-order valence-corrected chi connectivity index (χ4v) is 3.77. The maximum atomic E-state index is 12.9. The van der Waals surface area contributed by atoms with E-state index in [2.05, 4.69) is 21.3 Å². The summed E-state index contributed by atoms with van der Waals surface area (Å²) in [6.07, 6.45) is 1.77. The Labute approximate surface area is 190 Å². The van der Waals surface area contributed by atoms with Crippen molar-refractivity contribution in [3.8, 4) is 0 Å². The van der Waals surface area contributed by atoms with Gasteiger partial charge >= 0.3 is 0 Å². The number of nitrogens with one attached hydrogen (secondary N) is 4. The highest BCUT2D eigenvalue weighted by Crippen LogP contribution is 2.20. The summed E-state index contributed by atoms with van der Waals surface area (Å²) in [6, 6.07) is -1.89. The second-order valence-corrected chi connectivity index (χ2v) is 9.08. The highest BCUT2D eigenvalue weighted by molar-refractivity contribution is 5.92. The van der Waals surface area contributed by atoms with Crippen molar-refractivity contribution in [2.75, 3.05) is 19.6 Å². The van der Waals surface area contributed by atoms with Gasteiger partial charge in [0.2, 0.25) is 29.5 Å². The van der Waals surface area contributed by atoms with Crippen LogP contribution in [0.3, 0.4) is 0 Å². The Morgan fingerprint density at radius 1 is 0.906 bits per heavy atom. The molecule has 32 heavy (non-hydrogen) atoms. The third-order valence-electron chi connectivity index (χ3n) is 5.25. The summed E-state index contributed by atoms with van der Waals surface area (Å²) in [6.45, 7) is 11.2. The lowest BCUT2D eigenvalue weighted by Gasteiger charge is -2.30. The number of carbonyl (C=O) groups is 5. The maximum Gasteiger partial charge on any atom is 0.246 e. The first-order valence-corrected chi connectivity index (χ1v) is 11.3. The Hall–Kier alpha value is -2.65. The highest BCUT2D eigenvalue weighted by atomic mass is 16.2. The van der Waals surface area contributed by atoms with Crippen LogP contribution in [0.1, 0.15) is 60.8 Å². The third kappa shape index (κ3) is 8.84. The zero-order chi connectivity index (χ0) is 24.4. The van der Waals surface area contributed by atoms with Crippen LogP contribution in [0, 0.1) is 11.8 Å². The quantitative estimate of drug-likeness (QED) is 0.324. The normalized spacial score (nSPS) is 17.6. The van der Waals surface area contributed by atoms with Gasteiger partial charge < -0.3 is 26.2 Å². The van der Waals surface area contributed by atoms with Crippen molar-refractivity contribution in [3.05, 3.63) is 0 Å². The Morgan fingerprint density at radius 3 is 2.03 bits per heavy atom. The first-order chi connectivity index (χ1) is 14.9. The Balaban J connectivity index is 2.58. The van der Waals surface area contributed by atoms with E-state index in [-0.39, 0.29) is 54.5 Å². The van der Waals surface area contributed by atoms with E-state index in [1.807, 2.05) is 27.7 Å². The van der Waals surface area contributed by atoms with Crippen LogP contribution < -0.4 is 21.3 Å². The van der Waals surface area contributed by atoms with Crippen molar-refractivity contribution in [2.24, 2.45) is 11.8 Å². The number of nitrogens with zero attached hydrogens (tertiary/aromatic N) is 1. The van der Waals surface area contributed by atoms with E-state index < -0.39 is 18.1 Å². The van der Waals surface area contributed by atoms with E-state index in [1.165, 1.54) is 18.7 Å². The van der Waals surface area contributed by atoms with Crippen LogP contribution in [0.2, 0.25) is 0 Å². The SMILES string of the molecule is CC(=O)N[C@@H](CC(C)C)C(=O)NCCNC(=O)[C@@H]1CCCN1C(=O)[C@@H](NC(C)=O)C(C)C. The van der Waals surface area contributed by atoms with Crippen molar-refractivity contribution in [1.29, 1.82) is 0 Å². The van der Waals surface area contributed by atoms with Crippen LogP contribution in [0.5, 0.6) is 0 Å². The molecule has 1 aliphatic rings. The van der Waals surface area contributed by atoms with E-state index in [0.717, 1.165) is 0 Å². The van der Waals surface area contributed by atoms with Gasteiger partial charge in [0.1, 0.15) is 18.1 Å². The molecule has 0 aromatic heterocycles. The smallest absolute Gasteiger partial charge is 0.246 e. The molecular weight excluding hydrogens is 414 g/mol. The maximum absolute atomic E-state index is 12.9. The Morgan fingerprint density at radius 2 is 1.50 bits per heavy atom. The fourth-order valence-electron chi connectivity index (χ4n) is 3.77. The van der Waals surface area contributed by atoms with Gasteiger partial charge in [-0.1, -0.05) is 27.7 Å². The summed E-state index contributed by atoms with van der Waals surface area (Å²) in [5.41, 5.74) is 0. The van der Waals surface area contributed by atoms with Crippen LogP contribution >= 0.6 is 0 Å². The molecule has 1 heterocycles.